The minimum absolute atomic E-state index is 0.0441. The molecule has 6 heteroatoms. The summed E-state index contributed by atoms with van der Waals surface area (Å²) in [6.45, 7) is 3.88. The van der Waals surface area contributed by atoms with Gasteiger partial charge in [0.25, 0.3) is 5.91 Å². The van der Waals surface area contributed by atoms with Gasteiger partial charge in [0.05, 0.1) is 11.1 Å². The Kier molecular flexibility index (Phi) is 5.90. The molecule has 1 aromatic carbocycles. The summed E-state index contributed by atoms with van der Waals surface area (Å²) < 4.78 is 0. The Labute approximate surface area is 123 Å². The molecule has 0 bridgehead atoms. The first kappa shape index (κ1) is 16.7. The van der Waals surface area contributed by atoms with Gasteiger partial charge in [0.2, 0.25) is 5.91 Å². The summed E-state index contributed by atoms with van der Waals surface area (Å²) >= 11 is 0. The van der Waals surface area contributed by atoms with Gasteiger partial charge < -0.3 is 15.7 Å². The third-order valence-corrected chi connectivity index (χ3v) is 2.98. The lowest BCUT2D eigenvalue weighted by Crippen LogP contribution is -2.46. The monoisotopic (exact) mass is 292 g/mol. The Bertz CT molecular complexity index is 540. The molecule has 0 saturated heterocycles. The largest absolute Gasteiger partial charge is 0.478 e. The van der Waals surface area contributed by atoms with E-state index in [9.17, 15) is 14.4 Å². The number of hydrogen-bond acceptors (Lipinski definition) is 3. The molecule has 0 aliphatic rings. The van der Waals surface area contributed by atoms with E-state index in [2.05, 4.69) is 10.6 Å². The lowest BCUT2D eigenvalue weighted by molar-refractivity contribution is -0.122. The van der Waals surface area contributed by atoms with Crippen LogP contribution in [-0.4, -0.2) is 36.0 Å². The number of amides is 2. The van der Waals surface area contributed by atoms with Gasteiger partial charge in [0.1, 0.15) is 6.04 Å². The number of aromatic carboxylic acids is 1. The van der Waals surface area contributed by atoms with Crippen molar-refractivity contribution in [3.8, 4) is 0 Å². The normalized spacial score (nSPS) is 11.8. The molecule has 0 heterocycles. The zero-order chi connectivity index (χ0) is 16.0. The van der Waals surface area contributed by atoms with Crippen LogP contribution in [0.1, 0.15) is 41.0 Å². The third-order valence-electron chi connectivity index (χ3n) is 2.98. The number of likely N-dealkylation sites (N-methyl/N-ethyl adjacent to an activating group) is 1. The lowest BCUT2D eigenvalue weighted by Gasteiger charge is -2.19. The molecule has 21 heavy (non-hydrogen) atoms. The predicted molar refractivity (Wildman–Crippen MR) is 78.2 cm³/mol. The number of benzene rings is 1. The van der Waals surface area contributed by atoms with Crippen LogP contribution in [0.5, 0.6) is 0 Å². The summed E-state index contributed by atoms with van der Waals surface area (Å²) in [7, 11) is 1.49. The van der Waals surface area contributed by atoms with E-state index in [-0.39, 0.29) is 23.0 Å². The van der Waals surface area contributed by atoms with Crippen LogP contribution >= 0.6 is 0 Å². The number of rotatable bonds is 6. The molecule has 1 rings (SSSR count). The average molecular weight is 292 g/mol. The van der Waals surface area contributed by atoms with E-state index in [0.29, 0.717) is 6.42 Å². The van der Waals surface area contributed by atoms with Crippen LogP contribution in [0.15, 0.2) is 24.3 Å². The summed E-state index contributed by atoms with van der Waals surface area (Å²) in [4.78, 5) is 35.1. The third kappa shape index (κ3) is 4.59. The number of carbonyl (C=O) groups excluding carboxylic acids is 2. The van der Waals surface area contributed by atoms with Crippen molar-refractivity contribution < 1.29 is 19.5 Å². The summed E-state index contributed by atoms with van der Waals surface area (Å²) in [6.07, 6.45) is 0.473. The first-order valence-electron chi connectivity index (χ1n) is 6.71. The van der Waals surface area contributed by atoms with E-state index < -0.39 is 17.9 Å². The Balaban J connectivity index is 2.97. The van der Waals surface area contributed by atoms with Gasteiger partial charge in [0, 0.05) is 7.05 Å². The second kappa shape index (κ2) is 7.42. The van der Waals surface area contributed by atoms with Gasteiger partial charge in [-0.15, -0.1) is 0 Å². The topological polar surface area (TPSA) is 95.5 Å². The van der Waals surface area contributed by atoms with Crippen LogP contribution in [0.3, 0.4) is 0 Å². The van der Waals surface area contributed by atoms with E-state index in [1.165, 1.54) is 19.2 Å². The highest BCUT2D eigenvalue weighted by molar-refractivity contribution is 6.05. The van der Waals surface area contributed by atoms with E-state index in [1.54, 1.807) is 12.1 Å². The van der Waals surface area contributed by atoms with Crippen LogP contribution < -0.4 is 10.6 Å². The molecule has 0 aliphatic heterocycles. The van der Waals surface area contributed by atoms with Crippen molar-refractivity contribution in [2.75, 3.05) is 7.05 Å². The first-order chi connectivity index (χ1) is 9.86. The minimum Gasteiger partial charge on any atom is -0.478 e. The summed E-state index contributed by atoms with van der Waals surface area (Å²) in [6, 6.07) is 5.22. The van der Waals surface area contributed by atoms with Crippen LogP contribution in [0.25, 0.3) is 0 Å². The van der Waals surface area contributed by atoms with Crippen LogP contribution in [-0.2, 0) is 4.79 Å². The van der Waals surface area contributed by atoms with Crippen LogP contribution in [0.4, 0.5) is 0 Å². The van der Waals surface area contributed by atoms with Crippen molar-refractivity contribution in [2.24, 2.45) is 5.92 Å². The van der Waals surface area contributed by atoms with E-state index in [0.717, 1.165) is 0 Å². The zero-order valence-electron chi connectivity index (χ0n) is 12.3. The maximum atomic E-state index is 12.2. The van der Waals surface area contributed by atoms with Crippen molar-refractivity contribution in [3.63, 3.8) is 0 Å². The van der Waals surface area contributed by atoms with Crippen molar-refractivity contribution in [3.05, 3.63) is 35.4 Å². The molecular weight excluding hydrogens is 272 g/mol. The van der Waals surface area contributed by atoms with Crippen LogP contribution in [0.2, 0.25) is 0 Å². The molecule has 1 aromatic rings. The van der Waals surface area contributed by atoms with Crippen LogP contribution in [0, 0.1) is 5.92 Å². The number of hydrogen-bond donors (Lipinski definition) is 3. The van der Waals surface area contributed by atoms with Crippen molar-refractivity contribution >= 4 is 17.8 Å². The Morgan fingerprint density at radius 2 is 1.71 bits per heavy atom. The molecule has 1 atom stereocenters. The van der Waals surface area contributed by atoms with Gasteiger partial charge in [-0.05, 0) is 24.5 Å². The van der Waals surface area contributed by atoms with Crippen molar-refractivity contribution in [2.45, 2.75) is 26.3 Å². The lowest BCUT2D eigenvalue weighted by atomic mass is 10.0. The Morgan fingerprint density at radius 1 is 1.14 bits per heavy atom. The van der Waals surface area contributed by atoms with Crippen molar-refractivity contribution in [1.82, 2.24) is 10.6 Å². The molecule has 0 spiro atoms. The second-order valence-corrected chi connectivity index (χ2v) is 5.12. The fourth-order valence-electron chi connectivity index (χ4n) is 1.98. The predicted octanol–water partition coefficient (Wildman–Crippen LogP) is 1.28. The fraction of sp³-hybridized carbons (Fsp3) is 0.400. The van der Waals surface area contributed by atoms with Gasteiger partial charge in [-0.25, -0.2) is 4.79 Å². The maximum absolute atomic E-state index is 12.2. The molecule has 0 radical (unpaired) electrons. The second-order valence-electron chi connectivity index (χ2n) is 5.12. The number of carboxylic acids is 1. The number of nitrogens with one attached hydrogen (secondary N) is 2. The van der Waals surface area contributed by atoms with Gasteiger partial charge in [-0.3, -0.25) is 9.59 Å². The smallest absolute Gasteiger partial charge is 0.336 e. The molecule has 2 amide bonds. The SMILES string of the molecule is CNC(=O)C(CC(C)C)NC(=O)c1ccccc1C(=O)O. The quantitative estimate of drug-likeness (QED) is 0.736. The molecular formula is C15H20N2O4. The van der Waals surface area contributed by atoms with Gasteiger partial charge in [-0.1, -0.05) is 26.0 Å². The highest BCUT2D eigenvalue weighted by Gasteiger charge is 2.23. The summed E-state index contributed by atoms with van der Waals surface area (Å²) in [5.74, 6) is -1.84. The minimum atomic E-state index is -1.18. The molecule has 6 nitrogen and oxygen atoms in total. The molecule has 0 saturated carbocycles. The number of carboxylic acid groups (broad SMARTS) is 1. The molecule has 114 valence electrons. The zero-order valence-corrected chi connectivity index (χ0v) is 12.3. The van der Waals surface area contributed by atoms with Crippen molar-refractivity contribution in [1.29, 1.82) is 0 Å². The molecule has 0 aliphatic carbocycles. The van der Waals surface area contributed by atoms with Gasteiger partial charge in [0.15, 0.2) is 0 Å². The summed E-state index contributed by atoms with van der Waals surface area (Å²) in [5.41, 5.74) is -0.0436. The van der Waals surface area contributed by atoms with Gasteiger partial charge in [-0.2, -0.15) is 0 Å². The summed E-state index contributed by atoms with van der Waals surface area (Å²) in [5, 5.41) is 14.2. The molecule has 3 N–H and O–H groups in total. The maximum Gasteiger partial charge on any atom is 0.336 e. The first-order valence-corrected chi connectivity index (χ1v) is 6.71. The molecule has 0 fully saturated rings. The number of carbonyl (C=O) groups is 3. The van der Waals surface area contributed by atoms with Gasteiger partial charge >= 0.3 is 5.97 Å². The average Bonchev–Trinajstić information content (AvgIpc) is 2.45. The molecule has 0 aromatic heterocycles. The highest BCUT2D eigenvalue weighted by atomic mass is 16.4. The Morgan fingerprint density at radius 3 is 2.19 bits per heavy atom. The standard InChI is InChI=1S/C15H20N2O4/c1-9(2)8-12(14(19)16-3)17-13(18)10-6-4-5-7-11(10)15(20)21/h4-7,9,12H,8H2,1-3H3,(H,16,19)(H,17,18)(H,20,21). The fourth-order valence-corrected chi connectivity index (χ4v) is 1.98. The van der Waals surface area contributed by atoms with E-state index >= 15 is 0 Å². The van der Waals surface area contributed by atoms with E-state index in [4.69, 9.17) is 5.11 Å². The molecule has 1 unspecified atom stereocenters. The van der Waals surface area contributed by atoms with E-state index in [1.807, 2.05) is 13.8 Å². The highest BCUT2D eigenvalue weighted by Crippen LogP contribution is 2.11. The Hall–Kier alpha value is -2.37.